The second-order valence-corrected chi connectivity index (χ2v) is 4.98. The molecule has 0 heterocycles. The summed E-state index contributed by atoms with van der Waals surface area (Å²) in [7, 11) is 0. The maximum atomic E-state index is 3.24. The number of thioether (sulfide) groups is 1. The van der Waals surface area contributed by atoms with Crippen molar-refractivity contribution in [3.05, 3.63) is 30.3 Å². The van der Waals surface area contributed by atoms with Crippen molar-refractivity contribution in [2.24, 2.45) is 0 Å². The van der Waals surface area contributed by atoms with Gasteiger partial charge in [0, 0.05) is 4.90 Å². The first-order valence-electron chi connectivity index (χ1n) is 6.03. The molecule has 0 unspecified atom stereocenters. The zero-order valence-electron chi connectivity index (χ0n) is 9.67. The SMILES string of the molecule is CCCCCCCCSc1[c]cccc1. The van der Waals surface area contributed by atoms with Gasteiger partial charge in [0.15, 0.2) is 0 Å². The maximum absolute atomic E-state index is 3.24. The van der Waals surface area contributed by atoms with Crippen LogP contribution < -0.4 is 0 Å². The number of unbranched alkanes of at least 4 members (excludes halogenated alkanes) is 5. The van der Waals surface area contributed by atoms with Gasteiger partial charge in [-0.1, -0.05) is 57.2 Å². The van der Waals surface area contributed by atoms with E-state index in [-0.39, 0.29) is 0 Å². The first-order chi connectivity index (χ1) is 7.43. The van der Waals surface area contributed by atoms with Gasteiger partial charge < -0.3 is 0 Å². The van der Waals surface area contributed by atoms with Gasteiger partial charge in [-0.3, -0.25) is 0 Å². The Morgan fingerprint density at radius 1 is 1.07 bits per heavy atom. The van der Waals surface area contributed by atoms with Gasteiger partial charge in [-0.15, -0.1) is 11.8 Å². The van der Waals surface area contributed by atoms with Crippen molar-refractivity contribution < 1.29 is 0 Å². The first kappa shape index (κ1) is 12.6. The molecule has 0 saturated carbocycles. The van der Waals surface area contributed by atoms with E-state index in [1.54, 1.807) is 0 Å². The van der Waals surface area contributed by atoms with Crippen molar-refractivity contribution in [3.8, 4) is 0 Å². The molecule has 0 aromatic heterocycles. The molecule has 0 N–H and O–H groups in total. The van der Waals surface area contributed by atoms with Crippen LogP contribution in [0.5, 0.6) is 0 Å². The molecule has 0 fully saturated rings. The summed E-state index contributed by atoms with van der Waals surface area (Å²) in [5.41, 5.74) is 0. The monoisotopic (exact) mass is 221 g/mol. The molecule has 0 aliphatic heterocycles. The van der Waals surface area contributed by atoms with E-state index in [1.165, 1.54) is 49.2 Å². The molecule has 0 bridgehead atoms. The van der Waals surface area contributed by atoms with Gasteiger partial charge in [0.05, 0.1) is 0 Å². The van der Waals surface area contributed by atoms with Crippen molar-refractivity contribution in [2.75, 3.05) is 5.75 Å². The predicted octanol–water partition coefficient (Wildman–Crippen LogP) is 4.94. The van der Waals surface area contributed by atoms with E-state index in [4.69, 9.17) is 0 Å². The van der Waals surface area contributed by atoms with Gasteiger partial charge in [-0.25, -0.2) is 0 Å². The molecule has 83 valence electrons. The van der Waals surface area contributed by atoms with E-state index in [0.717, 1.165) is 0 Å². The van der Waals surface area contributed by atoms with E-state index >= 15 is 0 Å². The maximum Gasteiger partial charge on any atom is 0.0151 e. The minimum atomic E-state index is 1.24. The molecule has 1 aromatic carbocycles. The number of hydrogen-bond acceptors (Lipinski definition) is 1. The fourth-order valence-corrected chi connectivity index (χ4v) is 2.43. The number of rotatable bonds is 8. The lowest BCUT2D eigenvalue weighted by molar-refractivity contribution is 0.627. The molecule has 1 heteroatoms. The van der Waals surface area contributed by atoms with Crippen LogP contribution in [-0.2, 0) is 0 Å². The molecule has 0 nitrogen and oxygen atoms in total. The summed E-state index contributed by atoms with van der Waals surface area (Å²) in [5, 5.41) is 0. The Kier molecular flexibility index (Phi) is 7.45. The fourth-order valence-electron chi connectivity index (χ4n) is 1.53. The summed E-state index contributed by atoms with van der Waals surface area (Å²) < 4.78 is 0. The van der Waals surface area contributed by atoms with Crippen molar-refractivity contribution in [1.29, 1.82) is 0 Å². The van der Waals surface area contributed by atoms with Crippen molar-refractivity contribution in [3.63, 3.8) is 0 Å². The number of hydrogen-bond donors (Lipinski definition) is 0. The zero-order valence-corrected chi connectivity index (χ0v) is 10.5. The largest absolute Gasteiger partial charge is 0.126 e. The highest BCUT2D eigenvalue weighted by Gasteiger charge is 1.93. The fraction of sp³-hybridized carbons (Fsp3) is 0.571. The van der Waals surface area contributed by atoms with E-state index in [1.807, 2.05) is 23.9 Å². The molecule has 0 spiro atoms. The van der Waals surface area contributed by atoms with Crippen molar-refractivity contribution in [1.82, 2.24) is 0 Å². The summed E-state index contributed by atoms with van der Waals surface area (Å²) in [4.78, 5) is 1.28. The highest BCUT2D eigenvalue weighted by Crippen LogP contribution is 2.18. The lowest BCUT2D eigenvalue weighted by atomic mass is 10.1. The molecule has 0 atom stereocenters. The van der Waals surface area contributed by atoms with Gasteiger partial charge in [0.2, 0.25) is 0 Å². The molecule has 0 amide bonds. The van der Waals surface area contributed by atoms with Crippen molar-refractivity contribution in [2.45, 2.75) is 50.3 Å². The van der Waals surface area contributed by atoms with Crippen LogP contribution in [0.4, 0.5) is 0 Å². The average molecular weight is 221 g/mol. The second kappa shape index (κ2) is 8.84. The molecular formula is C14H21S. The third-order valence-electron chi connectivity index (χ3n) is 2.44. The summed E-state index contributed by atoms with van der Waals surface area (Å²) in [6.45, 7) is 2.26. The van der Waals surface area contributed by atoms with Crippen LogP contribution in [-0.4, -0.2) is 5.75 Å². The Labute approximate surface area is 98.5 Å². The Balaban J connectivity index is 1.93. The minimum Gasteiger partial charge on any atom is -0.126 e. The molecule has 0 aliphatic carbocycles. The lowest BCUT2D eigenvalue weighted by Gasteiger charge is -2.01. The van der Waals surface area contributed by atoms with Gasteiger partial charge in [0.1, 0.15) is 0 Å². The summed E-state index contributed by atoms with van der Waals surface area (Å²) in [6, 6.07) is 11.5. The first-order valence-corrected chi connectivity index (χ1v) is 7.01. The van der Waals surface area contributed by atoms with E-state index in [9.17, 15) is 0 Å². The predicted molar refractivity (Wildman–Crippen MR) is 69.4 cm³/mol. The highest BCUT2D eigenvalue weighted by atomic mass is 32.2. The Hall–Kier alpha value is -0.430. The van der Waals surface area contributed by atoms with Crippen LogP contribution in [0.25, 0.3) is 0 Å². The van der Waals surface area contributed by atoms with Gasteiger partial charge >= 0.3 is 0 Å². The van der Waals surface area contributed by atoms with Crippen LogP contribution in [0.1, 0.15) is 45.4 Å². The summed E-state index contributed by atoms with van der Waals surface area (Å²) in [6.07, 6.45) is 8.30. The molecule has 15 heavy (non-hydrogen) atoms. The summed E-state index contributed by atoms with van der Waals surface area (Å²) in [5.74, 6) is 1.24. The molecule has 0 aliphatic rings. The van der Waals surface area contributed by atoms with Crippen molar-refractivity contribution >= 4 is 11.8 Å². The second-order valence-electron chi connectivity index (χ2n) is 3.84. The Bertz CT molecular complexity index is 230. The van der Waals surface area contributed by atoms with E-state index in [2.05, 4.69) is 25.1 Å². The van der Waals surface area contributed by atoms with Crippen LogP contribution >= 0.6 is 11.8 Å². The normalized spacial score (nSPS) is 10.5. The Morgan fingerprint density at radius 3 is 2.60 bits per heavy atom. The average Bonchev–Trinajstić information content (AvgIpc) is 2.29. The molecule has 1 rings (SSSR count). The van der Waals surface area contributed by atoms with Gasteiger partial charge in [0.25, 0.3) is 0 Å². The minimum absolute atomic E-state index is 1.24. The van der Waals surface area contributed by atoms with Crippen LogP contribution in [0.2, 0.25) is 0 Å². The van der Waals surface area contributed by atoms with Crippen LogP contribution in [0.3, 0.4) is 0 Å². The third kappa shape index (κ3) is 6.62. The van der Waals surface area contributed by atoms with Gasteiger partial charge in [-0.05, 0) is 24.3 Å². The quantitative estimate of drug-likeness (QED) is 0.442. The van der Waals surface area contributed by atoms with Crippen LogP contribution in [0.15, 0.2) is 29.2 Å². The smallest absolute Gasteiger partial charge is 0.0151 e. The van der Waals surface area contributed by atoms with Gasteiger partial charge in [-0.2, -0.15) is 0 Å². The Morgan fingerprint density at radius 2 is 1.87 bits per heavy atom. The molecular weight excluding hydrogens is 200 g/mol. The molecule has 1 radical (unpaired) electrons. The topological polar surface area (TPSA) is 0 Å². The zero-order chi connectivity index (χ0) is 10.8. The van der Waals surface area contributed by atoms with Crippen LogP contribution in [0, 0.1) is 6.07 Å². The summed E-state index contributed by atoms with van der Waals surface area (Å²) >= 11 is 1.93. The third-order valence-corrected chi connectivity index (χ3v) is 3.49. The lowest BCUT2D eigenvalue weighted by Crippen LogP contribution is -1.82. The molecule has 0 saturated heterocycles. The standard InChI is InChI=1S/C14H21S/c1-2-3-4-5-6-10-13-15-14-11-8-7-9-12-14/h7-9,11H,2-6,10,13H2,1H3. The van der Waals surface area contributed by atoms with E-state index in [0.29, 0.717) is 0 Å². The highest BCUT2D eigenvalue weighted by molar-refractivity contribution is 7.99. The number of benzene rings is 1. The van der Waals surface area contributed by atoms with E-state index < -0.39 is 0 Å². The molecule has 1 aromatic rings.